The standard InChI is InChI=1S/C13H22N2O3S/c1-4-13(3,8-9-16)15-19(17,18)12-10(2)6-5-7-11(12)14/h5-7,15-16H,4,8-9,14H2,1-3H3. The highest BCUT2D eigenvalue weighted by molar-refractivity contribution is 7.89. The van der Waals surface area contributed by atoms with Crippen LogP contribution in [0.4, 0.5) is 5.69 Å². The van der Waals surface area contributed by atoms with Crippen LogP contribution in [0.1, 0.15) is 32.3 Å². The molecule has 108 valence electrons. The van der Waals surface area contributed by atoms with Crippen molar-refractivity contribution in [2.24, 2.45) is 0 Å². The van der Waals surface area contributed by atoms with Crippen LogP contribution in [-0.4, -0.2) is 25.7 Å². The Labute approximate surface area is 114 Å². The maximum atomic E-state index is 12.5. The molecule has 5 nitrogen and oxygen atoms in total. The third kappa shape index (κ3) is 3.68. The fourth-order valence-corrected chi connectivity index (χ4v) is 3.83. The van der Waals surface area contributed by atoms with Gasteiger partial charge in [-0.2, -0.15) is 0 Å². The van der Waals surface area contributed by atoms with Gasteiger partial charge in [0.15, 0.2) is 0 Å². The second-order valence-corrected chi connectivity index (χ2v) is 6.61. The molecule has 0 aromatic heterocycles. The van der Waals surface area contributed by atoms with Crippen molar-refractivity contribution in [3.63, 3.8) is 0 Å². The van der Waals surface area contributed by atoms with E-state index in [9.17, 15) is 8.42 Å². The van der Waals surface area contributed by atoms with Gasteiger partial charge in [0, 0.05) is 12.1 Å². The predicted octanol–water partition coefficient (Wildman–Crippen LogP) is 1.41. The van der Waals surface area contributed by atoms with E-state index in [1.807, 2.05) is 6.92 Å². The fourth-order valence-electron chi connectivity index (χ4n) is 1.96. The van der Waals surface area contributed by atoms with Gasteiger partial charge < -0.3 is 10.8 Å². The smallest absolute Gasteiger partial charge is 0.243 e. The van der Waals surface area contributed by atoms with E-state index in [4.69, 9.17) is 10.8 Å². The summed E-state index contributed by atoms with van der Waals surface area (Å²) in [7, 11) is -3.70. The summed E-state index contributed by atoms with van der Waals surface area (Å²) in [6.45, 7) is 5.28. The fraction of sp³-hybridized carbons (Fsp3) is 0.538. The molecule has 1 unspecified atom stereocenters. The minimum Gasteiger partial charge on any atom is -0.398 e. The Bertz CT molecular complexity index is 523. The largest absolute Gasteiger partial charge is 0.398 e. The minimum absolute atomic E-state index is 0.0733. The van der Waals surface area contributed by atoms with Gasteiger partial charge in [0.2, 0.25) is 10.0 Å². The highest BCUT2D eigenvalue weighted by Crippen LogP contribution is 2.25. The predicted molar refractivity (Wildman–Crippen MR) is 76.3 cm³/mol. The second-order valence-electron chi connectivity index (χ2n) is 4.99. The third-order valence-corrected chi connectivity index (χ3v) is 5.19. The summed E-state index contributed by atoms with van der Waals surface area (Å²) in [5, 5.41) is 9.05. The topological polar surface area (TPSA) is 92.4 Å². The molecule has 6 heteroatoms. The zero-order valence-corrected chi connectivity index (χ0v) is 12.4. The SMILES string of the molecule is CCC(C)(CCO)NS(=O)(=O)c1c(C)cccc1N. The number of aliphatic hydroxyl groups excluding tert-OH is 1. The summed E-state index contributed by atoms with van der Waals surface area (Å²) in [6, 6.07) is 4.99. The Morgan fingerprint density at radius 1 is 1.42 bits per heavy atom. The van der Waals surface area contributed by atoms with Gasteiger partial charge in [-0.1, -0.05) is 19.1 Å². The van der Waals surface area contributed by atoms with Crippen LogP contribution in [-0.2, 0) is 10.0 Å². The maximum absolute atomic E-state index is 12.5. The van der Waals surface area contributed by atoms with E-state index in [1.165, 1.54) is 0 Å². The molecule has 0 amide bonds. The number of anilines is 1. The molecule has 0 radical (unpaired) electrons. The van der Waals surface area contributed by atoms with Crippen molar-refractivity contribution in [2.45, 2.75) is 44.0 Å². The average Bonchev–Trinajstić information content (AvgIpc) is 2.27. The zero-order valence-electron chi connectivity index (χ0n) is 11.6. The lowest BCUT2D eigenvalue weighted by atomic mass is 9.97. The van der Waals surface area contributed by atoms with Crippen molar-refractivity contribution in [3.05, 3.63) is 23.8 Å². The summed E-state index contributed by atoms with van der Waals surface area (Å²) < 4.78 is 27.6. The van der Waals surface area contributed by atoms with E-state index in [0.29, 0.717) is 18.4 Å². The lowest BCUT2D eigenvalue weighted by molar-refractivity contribution is 0.233. The van der Waals surface area contributed by atoms with E-state index in [2.05, 4.69) is 4.72 Å². The number of benzene rings is 1. The van der Waals surface area contributed by atoms with Crippen molar-refractivity contribution in [2.75, 3.05) is 12.3 Å². The summed E-state index contributed by atoms with van der Waals surface area (Å²) >= 11 is 0. The van der Waals surface area contributed by atoms with E-state index < -0.39 is 15.6 Å². The molecule has 0 saturated carbocycles. The molecule has 0 spiro atoms. The summed E-state index contributed by atoms with van der Waals surface area (Å²) in [5.74, 6) is 0. The average molecular weight is 286 g/mol. The molecule has 0 fully saturated rings. The monoisotopic (exact) mass is 286 g/mol. The number of nitrogens with one attached hydrogen (secondary N) is 1. The Morgan fingerprint density at radius 2 is 2.05 bits per heavy atom. The van der Waals surface area contributed by atoms with Crippen LogP contribution in [0, 0.1) is 6.92 Å². The molecular weight excluding hydrogens is 264 g/mol. The molecule has 0 aliphatic carbocycles. The number of nitrogen functional groups attached to an aromatic ring is 1. The van der Waals surface area contributed by atoms with Crippen LogP contribution in [0.2, 0.25) is 0 Å². The zero-order chi connectivity index (χ0) is 14.7. The number of rotatable bonds is 6. The molecule has 1 rings (SSSR count). The Balaban J connectivity index is 3.18. The summed E-state index contributed by atoms with van der Waals surface area (Å²) in [4.78, 5) is 0.118. The van der Waals surface area contributed by atoms with Crippen LogP contribution < -0.4 is 10.5 Å². The first-order valence-corrected chi connectivity index (χ1v) is 7.74. The molecule has 0 aliphatic heterocycles. The number of sulfonamides is 1. The van der Waals surface area contributed by atoms with Crippen LogP contribution in [0.3, 0.4) is 0 Å². The molecule has 0 heterocycles. The third-order valence-electron chi connectivity index (χ3n) is 3.34. The molecule has 1 aromatic carbocycles. The maximum Gasteiger partial charge on any atom is 0.243 e. The molecule has 4 N–H and O–H groups in total. The number of hydrogen-bond acceptors (Lipinski definition) is 4. The lowest BCUT2D eigenvalue weighted by Crippen LogP contribution is -2.46. The molecule has 0 bridgehead atoms. The highest BCUT2D eigenvalue weighted by Gasteiger charge is 2.30. The van der Waals surface area contributed by atoms with Gasteiger partial charge in [-0.3, -0.25) is 0 Å². The van der Waals surface area contributed by atoms with Crippen LogP contribution in [0.5, 0.6) is 0 Å². The van der Waals surface area contributed by atoms with Gasteiger partial charge in [0.25, 0.3) is 0 Å². The van der Waals surface area contributed by atoms with Crippen molar-refractivity contribution in [3.8, 4) is 0 Å². The van der Waals surface area contributed by atoms with E-state index >= 15 is 0 Å². The van der Waals surface area contributed by atoms with Gasteiger partial charge in [-0.15, -0.1) is 0 Å². The summed E-state index contributed by atoms with van der Waals surface area (Å²) in [5.41, 5.74) is 5.93. The molecule has 19 heavy (non-hydrogen) atoms. The van der Waals surface area contributed by atoms with Crippen LogP contribution >= 0.6 is 0 Å². The first-order valence-electron chi connectivity index (χ1n) is 6.25. The van der Waals surface area contributed by atoms with Crippen molar-refractivity contribution >= 4 is 15.7 Å². The molecule has 1 atom stereocenters. The van der Waals surface area contributed by atoms with Gasteiger partial charge >= 0.3 is 0 Å². The Kier molecular flexibility index (Phi) is 4.95. The number of aliphatic hydroxyl groups is 1. The molecular formula is C13H22N2O3S. The van der Waals surface area contributed by atoms with Gasteiger partial charge in [-0.25, -0.2) is 13.1 Å². The molecule has 0 saturated heterocycles. The second kappa shape index (κ2) is 5.90. The van der Waals surface area contributed by atoms with Gasteiger partial charge in [0.1, 0.15) is 4.90 Å². The lowest BCUT2D eigenvalue weighted by Gasteiger charge is -2.29. The van der Waals surface area contributed by atoms with Crippen LogP contribution in [0.25, 0.3) is 0 Å². The van der Waals surface area contributed by atoms with Crippen molar-refractivity contribution < 1.29 is 13.5 Å². The molecule has 1 aromatic rings. The molecule has 0 aliphatic rings. The number of nitrogens with two attached hydrogens (primary N) is 1. The quantitative estimate of drug-likeness (QED) is 0.689. The Hall–Kier alpha value is -1.11. The van der Waals surface area contributed by atoms with Gasteiger partial charge in [0.05, 0.1) is 5.69 Å². The van der Waals surface area contributed by atoms with E-state index in [1.54, 1.807) is 32.0 Å². The van der Waals surface area contributed by atoms with Gasteiger partial charge in [-0.05, 0) is 38.3 Å². The van der Waals surface area contributed by atoms with Crippen molar-refractivity contribution in [1.82, 2.24) is 4.72 Å². The number of aryl methyl sites for hydroxylation is 1. The first-order chi connectivity index (χ1) is 8.75. The Morgan fingerprint density at radius 3 is 2.53 bits per heavy atom. The normalized spacial score (nSPS) is 15.2. The summed E-state index contributed by atoms with van der Waals surface area (Å²) in [6.07, 6.45) is 0.938. The van der Waals surface area contributed by atoms with E-state index in [-0.39, 0.29) is 17.2 Å². The minimum atomic E-state index is -3.70. The number of hydrogen-bond donors (Lipinski definition) is 3. The highest BCUT2D eigenvalue weighted by atomic mass is 32.2. The van der Waals surface area contributed by atoms with Crippen molar-refractivity contribution in [1.29, 1.82) is 0 Å². The van der Waals surface area contributed by atoms with Crippen LogP contribution in [0.15, 0.2) is 23.1 Å². The first kappa shape index (κ1) is 15.9. The van der Waals surface area contributed by atoms with E-state index in [0.717, 1.165) is 0 Å².